The molecule has 0 bridgehead atoms. The van der Waals surface area contributed by atoms with Gasteiger partial charge in [0.2, 0.25) is 5.88 Å². The highest BCUT2D eigenvalue weighted by Crippen LogP contribution is 2.36. The molecule has 1 heterocycles. The van der Waals surface area contributed by atoms with Crippen molar-refractivity contribution in [3.63, 3.8) is 0 Å². The zero-order valence-corrected chi connectivity index (χ0v) is 7.69. The van der Waals surface area contributed by atoms with Crippen LogP contribution in [0.25, 0.3) is 0 Å². The Balaban J connectivity index is 2.37. The first-order chi connectivity index (χ1) is 6.70. The second-order valence-electron chi connectivity index (χ2n) is 3.59. The van der Waals surface area contributed by atoms with E-state index in [0.29, 0.717) is 5.69 Å². The molecule has 14 heavy (non-hydrogen) atoms. The second kappa shape index (κ2) is 3.32. The number of aromatic carboxylic acids is 1. The first kappa shape index (κ1) is 9.05. The zero-order valence-electron chi connectivity index (χ0n) is 7.69. The van der Waals surface area contributed by atoms with E-state index < -0.39 is 5.97 Å². The van der Waals surface area contributed by atoms with Crippen molar-refractivity contribution in [3.05, 3.63) is 11.3 Å². The normalized spacial score (nSPS) is 17.4. The highest BCUT2D eigenvalue weighted by molar-refractivity contribution is 5.93. The number of rotatable bonds is 2. The maximum absolute atomic E-state index is 10.9. The lowest BCUT2D eigenvalue weighted by molar-refractivity contribution is 0.0696. The van der Waals surface area contributed by atoms with Crippen LogP contribution >= 0.6 is 0 Å². The molecule has 1 aliphatic carbocycles. The average molecular weight is 196 g/mol. The molecule has 1 fully saturated rings. The summed E-state index contributed by atoms with van der Waals surface area (Å²) in [6.07, 6.45) is 4.20. The number of carboxylic acid groups (broad SMARTS) is 1. The third kappa shape index (κ3) is 1.34. The molecule has 0 aromatic carbocycles. The minimum Gasteiger partial charge on any atom is -0.477 e. The van der Waals surface area contributed by atoms with Crippen LogP contribution in [0.2, 0.25) is 0 Å². The number of hydrogen-bond acceptors (Lipinski definition) is 4. The Labute approximate surface area is 80.9 Å². The van der Waals surface area contributed by atoms with Crippen molar-refractivity contribution in [2.75, 3.05) is 5.73 Å². The Morgan fingerprint density at radius 1 is 1.50 bits per heavy atom. The van der Waals surface area contributed by atoms with Gasteiger partial charge < -0.3 is 15.4 Å². The summed E-state index contributed by atoms with van der Waals surface area (Å²) in [5, 5.41) is 12.7. The van der Waals surface area contributed by atoms with Crippen molar-refractivity contribution in [2.24, 2.45) is 0 Å². The molecule has 0 unspecified atom stereocenters. The van der Waals surface area contributed by atoms with E-state index >= 15 is 0 Å². The monoisotopic (exact) mass is 196 g/mol. The van der Waals surface area contributed by atoms with Crippen LogP contribution in [0.3, 0.4) is 0 Å². The lowest BCUT2D eigenvalue weighted by atomic mass is 10.0. The zero-order chi connectivity index (χ0) is 10.1. The summed E-state index contributed by atoms with van der Waals surface area (Å²) < 4.78 is 4.72. The predicted octanol–water partition coefficient (Wildman–Crippen LogP) is 1.61. The summed E-state index contributed by atoms with van der Waals surface area (Å²) >= 11 is 0. The first-order valence-corrected chi connectivity index (χ1v) is 4.68. The van der Waals surface area contributed by atoms with Crippen molar-refractivity contribution in [1.29, 1.82) is 0 Å². The maximum atomic E-state index is 10.9. The Morgan fingerprint density at radius 3 is 2.71 bits per heavy atom. The van der Waals surface area contributed by atoms with E-state index in [0.717, 1.165) is 25.7 Å². The van der Waals surface area contributed by atoms with Crippen LogP contribution in [0.15, 0.2) is 4.52 Å². The van der Waals surface area contributed by atoms with Crippen LogP contribution in [0.1, 0.15) is 47.7 Å². The smallest absolute Gasteiger partial charge is 0.343 e. The van der Waals surface area contributed by atoms with Gasteiger partial charge in [-0.25, -0.2) is 4.79 Å². The van der Waals surface area contributed by atoms with E-state index in [4.69, 9.17) is 15.4 Å². The standard InChI is InChI=1S/C9H12N2O3/c10-8-6(9(12)13)7(11-14-8)5-3-1-2-4-5/h5H,1-4,10H2,(H,12,13). The number of carboxylic acids is 1. The fraction of sp³-hybridized carbons (Fsp3) is 0.556. The van der Waals surface area contributed by atoms with Crippen LogP contribution < -0.4 is 5.73 Å². The van der Waals surface area contributed by atoms with Gasteiger partial charge in [0.1, 0.15) is 11.3 Å². The second-order valence-corrected chi connectivity index (χ2v) is 3.59. The number of hydrogen-bond donors (Lipinski definition) is 2. The molecule has 5 heteroatoms. The van der Waals surface area contributed by atoms with Gasteiger partial charge in [0.05, 0.1) is 0 Å². The number of aromatic nitrogens is 1. The summed E-state index contributed by atoms with van der Waals surface area (Å²) in [5.74, 6) is -0.924. The molecule has 0 atom stereocenters. The summed E-state index contributed by atoms with van der Waals surface area (Å²) in [6.45, 7) is 0. The van der Waals surface area contributed by atoms with E-state index in [1.807, 2.05) is 0 Å². The van der Waals surface area contributed by atoms with Gasteiger partial charge >= 0.3 is 5.97 Å². The van der Waals surface area contributed by atoms with Crippen molar-refractivity contribution < 1.29 is 14.4 Å². The van der Waals surface area contributed by atoms with Crippen molar-refractivity contribution >= 4 is 11.9 Å². The van der Waals surface area contributed by atoms with Gasteiger partial charge in [-0.05, 0) is 12.8 Å². The lowest BCUT2D eigenvalue weighted by Gasteiger charge is -2.04. The minimum atomic E-state index is -1.05. The molecular weight excluding hydrogens is 184 g/mol. The summed E-state index contributed by atoms with van der Waals surface area (Å²) in [5.41, 5.74) is 5.97. The molecule has 1 aromatic rings. The molecule has 1 aliphatic rings. The molecule has 1 aromatic heterocycles. The Kier molecular flexibility index (Phi) is 2.15. The van der Waals surface area contributed by atoms with Gasteiger partial charge in [0, 0.05) is 5.92 Å². The summed E-state index contributed by atoms with van der Waals surface area (Å²) in [7, 11) is 0. The van der Waals surface area contributed by atoms with E-state index in [1.165, 1.54) is 0 Å². The Bertz CT molecular complexity index is 353. The molecule has 2 rings (SSSR count). The summed E-state index contributed by atoms with van der Waals surface area (Å²) in [6, 6.07) is 0. The summed E-state index contributed by atoms with van der Waals surface area (Å²) in [4.78, 5) is 10.9. The first-order valence-electron chi connectivity index (χ1n) is 4.68. The van der Waals surface area contributed by atoms with E-state index in [-0.39, 0.29) is 17.4 Å². The fourth-order valence-electron chi connectivity index (χ4n) is 2.01. The van der Waals surface area contributed by atoms with Crippen molar-refractivity contribution in [3.8, 4) is 0 Å². The van der Waals surface area contributed by atoms with Crippen LogP contribution in [-0.4, -0.2) is 16.2 Å². The number of nitrogen functional groups attached to an aromatic ring is 1. The number of anilines is 1. The van der Waals surface area contributed by atoms with Gasteiger partial charge in [-0.2, -0.15) is 0 Å². The molecule has 3 N–H and O–H groups in total. The molecule has 0 spiro atoms. The maximum Gasteiger partial charge on any atom is 0.343 e. The Hall–Kier alpha value is -1.52. The van der Waals surface area contributed by atoms with Gasteiger partial charge in [-0.15, -0.1) is 0 Å². The average Bonchev–Trinajstić information content (AvgIpc) is 2.70. The molecule has 0 amide bonds. The topological polar surface area (TPSA) is 89.4 Å². The SMILES string of the molecule is Nc1onc(C2CCCC2)c1C(=O)O. The lowest BCUT2D eigenvalue weighted by Crippen LogP contribution is -2.05. The van der Waals surface area contributed by atoms with Crippen molar-refractivity contribution in [2.45, 2.75) is 31.6 Å². The van der Waals surface area contributed by atoms with Gasteiger partial charge in [-0.3, -0.25) is 0 Å². The molecule has 5 nitrogen and oxygen atoms in total. The van der Waals surface area contributed by atoms with Gasteiger partial charge in [0.15, 0.2) is 0 Å². The fourth-order valence-corrected chi connectivity index (χ4v) is 2.01. The number of nitrogens with two attached hydrogens (primary N) is 1. The predicted molar refractivity (Wildman–Crippen MR) is 49.1 cm³/mol. The third-order valence-corrected chi connectivity index (χ3v) is 2.70. The molecular formula is C9H12N2O3. The number of nitrogens with zero attached hydrogens (tertiary/aromatic N) is 1. The van der Waals surface area contributed by atoms with Crippen LogP contribution in [0, 0.1) is 0 Å². The van der Waals surface area contributed by atoms with E-state index in [9.17, 15) is 4.79 Å². The quantitative estimate of drug-likeness (QED) is 0.750. The molecule has 76 valence electrons. The van der Waals surface area contributed by atoms with Gasteiger partial charge in [0.25, 0.3) is 0 Å². The largest absolute Gasteiger partial charge is 0.477 e. The highest BCUT2D eigenvalue weighted by atomic mass is 16.5. The molecule has 0 saturated heterocycles. The third-order valence-electron chi connectivity index (χ3n) is 2.70. The van der Waals surface area contributed by atoms with Crippen LogP contribution in [-0.2, 0) is 0 Å². The van der Waals surface area contributed by atoms with Crippen LogP contribution in [0.4, 0.5) is 5.88 Å². The van der Waals surface area contributed by atoms with E-state index in [2.05, 4.69) is 5.16 Å². The highest BCUT2D eigenvalue weighted by Gasteiger charge is 2.28. The van der Waals surface area contributed by atoms with Crippen molar-refractivity contribution in [1.82, 2.24) is 5.16 Å². The molecule has 0 aliphatic heterocycles. The minimum absolute atomic E-state index is 0.0527. The molecule has 1 saturated carbocycles. The molecule has 0 radical (unpaired) electrons. The van der Waals surface area contributed by atoms with Gasteiger partial charge in [-0.1, -0.05) is 18.0 Å². The van der Waals surface area contributed by atoms with Crippen LogP contribution in [0.5, 0.6) is 0 Å². The Morgan fingerprint density at radius 2 is 2.14 bits per heavy atom. The van der Waals surface area contributed by atoms with E-state index in [1.54, 1.807) is 0 Å². The number of carbonyl (C=O) groups is 1.